The van der Waals surface area contributed by atoms with Gasteiger partial charge in [0.25, 0.3) is 0 Å². The van der Waals surface area contributed by atoms with Crippen LogP contribution in [-0.4, -0.2) is 9.97 Å². The van der Waals surface area contributed by atoms with Crippen molar-refractivity contribution in [2.24, 2.45) is 0 Å². The maximum Gasteiger partial charge on any atom is 0.116 e. The van der Waals surface area contributed by atoms with Crippen LogP contribution in [0.4, 0.5) is 0 Å². The van der Waals surface area contributed by atoms with Crippen molar-refractivity contribution >= 4 is 0 Å². The van der Waals surface area contributed by atoms with Crippen molar-refractivity contribution in [1.29, 1.82) is 0 Å². The summed E-state index contributed by atoms with van der Waals surface area (Å²) in [6.07, 6.45) is 5.45. The first-order chi connectivity index (χ1) is 9.93. The van der Waals surface area contributed by atoms with Gasteiger partial charge in [-0.2, -0.15) is 0 Å². The van der Waals surface area contributed by atoms with Gasteiger partial charge in [0.05, 0.1) is 5.69 Å². The highest BCUT2D eigenvalue weighted by molar-refractivity contribution is 5.63. The van der Waals surface area contributed by atoms with Gasteiger partial charge in [-0.25, -0.2) is 9.97 Å². The van der Waals surface area contributed by atoms with Crippen LogP contribution in [0, 0.1) is 0 Å². The Balaban J connectivity index is 1.84. The van der Waals surface area contributed by atoms with E-state index in [0.717, 1.165) is 18.5 Å². The van der Waals surface area contributed by atoms with Gasteiger partial charge in [-0.1, -0.05) is 54.6 Å². The van der Waals surface area contributed by atoms with Crippen LogP contribution < -0.4 is 0 Å². The first-order valence-electron chi connectivity index (χ1n) is 6.82. The molecule has 1 heterocycles. The summed E-state index contributed by atoms with van der Waals surface area (Å²) in [6, 6.07) is 21.0. The third-order valence-corrected chi connectivity index (χ3v) is 3.40. The summed E-state index contributed by atoms with van der Waals surface area (Å²) >= 11 is 0. The lowest BCUT2D eigenvalue weighted by Crippen LogP contribution is -1.95. The first kappa shape index (κ1) is 12.5. The molecule has 3 rings (SSSR count). The highest BCUT2D eigenvalue weighted by Crippen LogP contribution is 2.22. The third kappa shape index (κ3) is 2.91. The van der Waals surface area contributed by atoms with Crippen molar-refractivity contribution in [3.8, 4) is 11.3 Å². The van der Waals surface area contributed by atoms with Crippen LogP contribution in [0.25, 0.3) is 11.3 Å². The van der Waals surface area contributed by atoms with Crippen LogP contribution >= 0.6 is 0 Å². The summed E-state index contributed by atoms with van der Waals surface area (Å²) in [5.41, 5.74) is 4.88. The molecule has 0 spiro atoms. The second-order valence-corrected chi connectivity index (χ2v) is 4.74. The SMILES string of the molecule is c1ccc(CCc2ccccc2-c2ccncn2)cc1. The van der Waals surface area contributed by atoms with Gasteiger partial charge in [-0.3, -0.25) is 0 Å². The second kappa shape index (κ2) is 6.11. The fourth-order valence-corrected chi connectivity index (χ4v) is 2.36. The Labute approximate surface area is 119 Å². The van der Waals surface area contributed by atoms with E-state index in [2.05, 4.69) is 64.6 Å². The summed E-state index contributed by atoms with van der Waals surface area (Å²) in [6.45, 7) is 0. The minimum absolute atomic E-state index is 0.990. The number of rotatable bonds is 4. The molecule has 0 aliphatic heterocycles. The molecule has 0 saturated carbocycles. The van der Waals surface area contributed by atoms with Gasteiger partial charge in [0.2, 0.25) is 0 Å². The second-order valence-electron chi connectivity index (χ2n) is 4.74. The third-order valence-electron chi connectivity index (χ3n) is 3.40. The molecule has 0 atom stereocenters. The maximum atomic E-state index is 4.35. The predicted octanol–water partition coefficient (Wildman–Crippen LogP) is 3.93. The molecule has 0 saturated heterocycles. The Morgan fingerprint density at radius 2 is 1.55 bits per heavy atom. The summed E-state index contributed by atoms with van der Waals surface area (Å²) in [5.74, 6) is 0. The smallest absolute Gasteiger partial charge is 0.116 e. The highest BCUT2D eigenvalue weighted by atomic mass is 14.8. The van der Waals surface area contributed by atoms with Crippen molar-refractivity contribution in [3.05, 3.63) is 84.3 Å². The molecule has 0 amide bonds. The molecule has 98 valence electrons. The van der Waals surface area contributed by atoms with Gasteiger partial charge >= 0.3 is 0 Å². The molecule has 0 fully saturated rings. The number of hydrogen-bond acceptors (Lipinski definition) is 2. The van der Waals surface area contributed by atoms with Gasteiger partial charge in [-0.15, -0.1) is 0 Å². The Bertz CT molecular complexity index is 663. The molecule has 1 aromatic heterocycles. The molecule has 2 nitrogen and oxygen atoms in total. The minimum atomic E-state index is 0.990. The molecule has 0 bridgehead atoms. The monoisotopic (exact) mass is 260 g/mol. The van der Waals surface area contributed by atoms with Crippen molar-refractivity contribution < 1.29 is 0 Å². The van der Waals surface area contributed by atoms with Crippen LogP contribution in [0.3, 0.4) is 0 Å². The van der Waals surface area contributed by atoms with E-state index in [4.69, 9.17) is 0 Å². The fourth-order valence-electron chi connectivity index (χ4n) is 2.36. The normalized spacial score (nSPS) is 10.4. The number of benzene rings is 2. The van der Waals surface area contributed by atoms with Crippen LogP contribution in [-0.2, 0) is 12.8 Å². The van der Waals surface area contributed by atoms with E-state index in [9.17, 15) is 0 Å². The molecule has 0 unspecified atom stereocenters. The Morgan fingerprint density at radius 3 is 2.35 bits per heavy atom. The van der Waals surface area contributed by atoms with Crippen molar-refractivity contribution in [3.63, 3.8) is 0 Å². The molecular weight excluding hydrogens is 244 g/mol. The molecule has 0 radical (unpaired) electrons. The highest BCUT2D eigenvalue weighted by Gasteiger charge is 2.05. The van der Waals surface area contributed by atoms with Gasteiger partial charge in [0.15, 0.2) is 0 Å². The lowest BCUT2D eigenvalue weighted by molar-refractivity contribution is 0.960. The van der Waals surface area contributed by atoms with Gasteiger partial charge in [-0.05, 0) is 30.0 Å². The topological polar surface area (TPSA) is 25.8 Å². The zero-order valence-electron chi connectivity index (χ0n) is 11.2. The molecule has 2 heteroatoms. The van der Waals surface area contributed by atoms with Crippen LogP contribution in [0.2, 0.25) is 0 Å². The molecule has 3 aromatic rings. The lowest BCUT2D eigenvalue weighted by atomic mass is 9.98. The zero-order chi connectivity index (χ0) is 13.6. The van der Waals surface area contributed by atoms with Crippen molar-refractivity contribution in [2.75, 3.05) is 0 Å². The molecule has 20 heavy (non-hydrogen) atoms. The van der Waals surface area contributed by atoms with E-state index in [1.165, 1.54) is 16.7 Å². The Kier molecular flexibility index (Phi) is 3.83. The fraction of sp³-hybridized carbons (Fsp3) is 0.111. The maximum absolute atomic E-state index is 4.35. The number of aryl methyl sites for hydroxylation is 2. The summed E-state index contributed by atoms with van der Waals surface area (Å²) in [7, 11) is 0. The minimum Gasteiger partial charge on any atom is -0.245 e. The number of hydrogen-bond donors (Lipinski definition) is 0. The van der Waals surface area contributed by atoms with Crippen LogP contribution in [0.5, 0.6) is 0 Å². The van der Waals surface area contributed by atoms with Crippen LogP contribution in [0.1, 0.15) is 11.1 Å². The zero-order valence-corrected chi connectivity index (χ0v) is 11.2. The summed E-state index contributed by atoms with van der Waals surface area (Å²) in [4.78, 5) is 8.34. The average Bonchev–Trinajstić information content (AvgIpc) is 2.55. The van der Waals surface area contributed by atoms with E-state index in [1.807, 2.05) is 6.07 Å². The number of aromatic nitrogens is 2. The molecule has 2 aromatic carbocycles. The van der Waals surface area contributed by atoms with E-state index in [-0.39, 0.29) is 0 Å². The quantitative estimate of drug-likeness (QED) is 0.710. The molecule has 0 aliphatic carbocycles. The van der Waals surface area contributed by atoms with Crippen molar-refractivity contribution in [1.82, 2.24) is 9.97 Å². The summed E-state index contributed by atoms with van der Waals surface area (Å²) in [5, 5.41) is 0. The molecule has 0 aliphatic rings. The Hall–Kier alpha value is -2.48. The standard InChI is InChI=1S/C18H16N2/c1-2-6-15(7-3-1)10-11-16-8-4-5-9-17(16)18-12-13-19-14-20-18/h1-9,12-14H,10-11H2. The van der Waals surface area contributed by atoms with E-state index >= 15 is 0 Å². The van der Waals surface area contributed by atoms with Gasteiger partial charge in [0, 0.05) is 11.8 Å². The first-order valence-corrected chi connectivity index (χ1v) is 6.82. The van der Waals surface area contributed by atoms with E-state index in [0.29, 0.717) is 0 Å². The largest absolute Gasteiger partial charge is 0.245 e. The average molecular weight is 260 g/mol. The van der Waals surface area contributed by atoms with Crippen molar-refractivity contribution in [2.45, 2.75) is 12.8 Å². The van der Waals surface area contributed by atoms with Gasteiger partial charge < -0.3 is 0 Å². The van der Waals surface area contributed by atoms with Gasteiger partial charge in [0.1, 0.15) is 6.33 Å². The lowest BCUT2D eigenvalue weighted by Gasteiger charge is -2.08. The van der Waals surface area contributed by atoms with Crippen LogP contribution in [0.15, 0.2) is 73.2 Å². The number of nitrogens with zero attached hydrogens (tertiary/aromatic N) is 2. The molecule has 0 N–H and O–H groups in total. The van der Waals surface area contributed by atoms with E-state index < -0.39 is 0 Å². The predicted molar refractivity (Wildman–Crippen MR) is 81.3 cm³/mol. The summed E-state index contributed by atoms with van der Waals surface area (Å²) < 4.78 is 0. The Morgan fingerprint density at radius 1 is 0.750 bits per heavy atom. The molecular formula is C18H16N2. The van der Waals surface area contributed by atoms with E-state index in [1.54, 1.807) is 12.5 Å².